The molecule has 0 unspecified atom stereocenters. The van der Waals surface area contributed by atoms with Gasteiger partial charge in [0.15, 0.2) is 17.5 Å². The van der Waals surface area contributed by atoms with Gasteiger partial charge >= 0.3 is 12.1 Å². The molecule has 2 bridgehead atoms. The summed E-state index contributed by atoms with van der Waals surface area (Å²) in [5, 5.41) is 22.4. The topological polar surface area (TPSA) is 104 Å². The standard InChI is InChI=1S/C28H35FNO4S.C2HF3O2/c29-23-11-9-20(10-12-23)24(31)7-3-15-30-16-13-21(14-17-30)25(19-30)34-27(32)28(33,22-5-1-2-6-22)26-8-4-18-35-26;3-2(4,5)1(6)7/h4,8-12,18,21-22,25,33H,1-3,5-7,13-17,19H2;(H,6,7)/q+1;/p-1/t21?,25-,28+,30?;/m0./s1. The molecule has 2 aromatic rings. The summed E-state index contributed by atoms with van der Waals surface area (Å²) in [6.07, 6.45) is 1.57. The van der Waals surface area contributed by atoms with Gasteiger partial charge in [-0.2, -0.15) is 13.2 Å². The molecule has 4 heterocycles. The number of hydrogen-bond donors (Lipinski definition) is 1. The molecule has 1 aliphatic carbocycles. The number of carboxylic acids is 1. The van der Waals surface area contributed by atoms with Crippen molar-refractivity contribution in [2.24, 2.45) is 11.8 Å². The van der Waals surface area contributed by atoms with Crippen LogP contribution in [0.25, 0.3) is 0 Å². The van der Waals surface area contributed by atoms with Crippen LogP contribution in [-0.2, 0) is 19.9 Å². The number of piperidine rings is 3. The van der Waals surface area contributed by atoms with Crippen LogP contribution < -0.4 is 5.11 Å². The number of thiophene rings is 1. The minimum absolute atomic E-state index is 0.0376. The van der Waals surface area contributed by atoms with E-state index in [1.807, 2.05) is 17.5 Å². The molecular formula is C30H35F4NO6S. The highest BCUT2D eigenvalue weighted by molar-refractivity contribution is 7.10. The maximum Gasteiger partial charge on any atom is 0.430 e. The number of benzene rings is 1. The predicted molar refractivity (Wildman–Crippen MR) is 144 cm³/mol. The van der Waals surface area contributed by atoms with Crippen LogP contribution in [0.15, 0.2) is 41.8 Å². The second-order valence-corrected chi connectivity index (χ2v) is 12.5. The number of nitrogens with zero attached hydrogens (tertiary/aromatic N) is 1. The number of Topliss-reactive ketones (excluding diaryl/α,β-unsaturated/α-hetero) is 1. The molecule has 12 heteroatoms. The third-order valence-electron chi connectivity index (χ3n) is 8.89. The van der Waals surface area contributed by atoms with E-state index < -0.39 is 23.7 Å². The Morgan fingerprint density at radius 1 is 1.02 bits per heavy atom. The summed E-state index contributed by atoms with van der Waals surface area (Å²) in [6.45, 7) is 3.71. The van der Waals surface area contributed by atoms with Gasteiger partial charge in [-0.15, -0.1) is 11.3 Å². The van der Waals surface area contributed by atoms with Crippen molar-refractivity contribution in [3.63, 3.8) is 0 Å². The molecular weight excluding hydrogens is 578 g/mol. The van der Waals surface area contributed by atoms with Gasteiger partial charge in [0.1, 0.15) is 18.3 Å². The molecule has 0 spiro atoms. The average molecular weight is 614 g/mol. The average Bonchev–Trinajstić information content (AvgIpc) is 3.69. The van der Waals surface area contributed by atoms with Crippen LogP contribution in [0.1, 0.15) is 66.6 Å². The van der Waals surface area contributed by atoms with Crippen molar-refractivity contribution >= 4 is 29.1 Å². The Morgan fingerprint density at radius 3 is 2.19 bits per heavy atom. The lowest BCUT2D eigenvalue weighted by molar-refractivity contribution is -0.946. The number of ketones is 1. The lowest BCUT2D eigenvalue weighted by Gasteiger charge is -2.52. The molecule has 0 radical (unpaired) electrons. The Morgan fingerprint density at radius 2 is 1.64 bits per heavy atom. The number of aliphatic hydroxyl groups is 1. The second-order valence-electron chi connectivity index (χ2n) is 11.5. The van der Waals surface area contributed by atoms with Gasteiger partial charge in [-0.3, -0.25) is 4.79 Å². The van der Waals surface area contributed by atoms with E-state index in [9.17, 15) is 32.3 Å². The summed E-state index contributed by atoms with van der Waals surface area (Å²) >= 11 is 1.43. The number of quaternary nitrogens is 1. The van der Waals surface area contributed by atoms with Crippen LogP contribution in [0.4, 0.5) is 17.6 Å². The van der Waals surface area contributed by atoms with Crippen LogP contribution in [0, 0.1) is 17.7 Å². The lowest BCUT2D eigenvalue weighted by Crippen LogP contribution is -2.65. The van der Waals surface area contributed by atoms with Crippen molar-refractivity contribution in [3.05, 3.63) is 58.0 Å². The van der Waals surface area contributed by atoms with Crippen LogP contribution in [0.3, 0.4) is 0 Å². The molecule has 7 nitrogen and oxygen atoms in total. The first-order chi connectivity index (χ1) is 19.8. The monoisotopic (exact) mass is 613 g/mol. The number of alkyl halides is 3. The van der Waals surface area contributed by atoms with E-state index in [-0.39, 0.29) is 23.6 Å². The molecule has 6 rings (SSSR count). The van der Waals surface area contributed by atoms with Crippen molar-refractivity contribution < 1.29 is 51.4 Å². The zero-order valence-corrected chi connectivity index (χ0v) is 23.9. The van der Waals surface area contributed by atoms with Crippen molar-refractivity contribution in [2.75, 3.05) is 26.2 Å². The Bertz CT molecular complexity index is 1220. The number of aliphatic carboxylic acids is 1. The van der Waals surface area contributed by atoms with E-state index in [2.05, 4.69) is 0 Å². The van der Waals surface area contributed by atoms with Gasteiger partial charge in [0.2, 0.25) is 0 Å². The molecule has 4 aliphatic rings. The second kappa shape index (κ2) is 13.2. The predicted octanol–water partition coefficient (Wildman–Crippen LogP) is 4.38. The van der Waals surface area contributed by atoms with Gasteiger partial charge in [0.05, 0.1) is 19.6 Å². The summed E-state index contributed by atoms with van der Waals surface area (Å²) < 4.78 is 51.7. The van der Waals surface area contributed by atoms with E-state index in [0.717, 1.165) is 75.6 Å². The highest BCUT2D eigenvalue weighted by atomic mass is 32.1. The molecule has 3 aliphatic heterocycles. The van der Waals surface area contributed by atoms with Crippen LogP contribution in [0.5, 0.6) is 0 Å². The first-order valence-corrected chi connectivity index (χ1v) is 15.1. The lowest BCUT2D eigenvalue weighted by atomic mass is 9.81. The highest BCUT2D eigenvalue weighted by Crippen LogP contribution is 2.44. The number of hydrogen-bond acceptors (Lipinski definition) is 7. The number of carbonyl (C=O) groups is 3. The maximum atomic E-state index is 13.5. The molecule has 1 aromatic heterocycles. The van der Waals surface area contributed by atoms with Gasteiger partial charge in [0.25, 0.3) is 0 Å². The van der Waals surface area contributed by atoms with E-state index in [4.69, 9.17) is 14.6 Å². The van der Waals surface area contributed by atoms with Gasteiger partial charge in [-0.25, -0.2) is 9.18 Å². The van der Waals surface area contributed by atoms with Crippen molar-refractivity contribution in [1.29, 1.82) is 0 Å². The fraction of sp³-hybridized carbons (Fsp3) is 0.567. The molecule has 42 heavy (non-hydrogen) atoms. The number of rotatable bonds is 9. The normalized spacial score (nSPS) is 25.3. The van der Waals surface area contributed by atoms with E-state index >= 15 is 0 Å². The molecule has 230 valence electrons. The van der Waals surface area contributed by atoms with Crippen LogP contribution in [-0.4, -0.2) is 65.8 Å². The number of fused-ring (bicyclic) bond motifs is 3. The third kappa shape index (κ3) is 7.38. The zero-order chi connectivity index (χ0) is 30.5. The zero-order valence-electron chi connectivity index (χ0n) is 23.1. The summed E-state index contributed by atoms with van der Waals surface area (Å²) in [5.74, 6) is -3.53. The molecule has 4 fully saturated rings. The molecule has 3 saturated heterocycles. The minimum Gasteiger partial charge on any atom is -0.542 e. The number of ether oxygens (including phenoxy) is 1. The molecule has 2 atom stereocenters. The largest absolute Gasteiger partial charge is 0.542 e. The highest BCUT2D eigenvalue weighted by Gasteiger charge is 2.53. The number of carbonyl (C=O) groups excluding carboxylic acids is 3. The number of carboxylic acid groups (broad SMARTS) is 1. The Labute approximate surface area is 245 Å². The smallest absolute Gasteiger partial charge is 0.430 e. The van der Waals surface area contributed by atoms with Crippen LogP contribution in [0.2, 0.25) is 0 Å². The van der Waals surface area contributed by atoms with Crippen molar-refractivity contribution in [3.8, 4) is 0 Å². The fourth-order valence-corrected chi connectivity index (χ4v) is 7.45. The van der Waals surface area contributed by atoms with Crippen molar-refractivity contribution in [2.45, 2.75) is 69.2 Å². The Kier molecular flexibility index (Phi) is 10.1. The number of halogens is 4. The molecule has 1 N–H and O–H groups in total. The summed E-state index contributed by atoms with van der Waals surface area (Å²) in [7, 11) is 0. The van der Waals surface area contributed by atoms with E-state index in [0.29, 0.717) is 22.8 Å². The first-order valence-electron chi connectivity index (χ1n) is 14.2. The van der Waals surface area contributed by atoms with Gasteiger partial charge in [0, 0.05) is 48.0 Å². The third-order valence-corrected chi connectivity index (χ3v) is 9.88. The Hall–Kier alpha value is -2.83. The Balaban J connectivity index is 0.000000517. The summed E-state index contributed by atoms with van der Waals surface area (Å²) in [4.78, 5) is 35.6. The minimum atomic E-state index is -5.19. The van der Waals surface area contributed by atoms with E-state index in [1.165, 1.54) is 23.5 Å². The SMILES string of the molecule is O=C(CCC[N+]12CCC(CC1)[C@@H](OC(=O)[C@](O)(c1cccs1)C1CCCC1)C2)c1ccc(F)cc1.O=C([O-])C(F)(F)F. The molecule has 1 aromatic carbocycles. The van der Waals surface area contributed by atoms with Crippen molar-refractivity contribution in [1.82, 2.24) is 0 Å². The fourth-order valence-electron chi connectivity index (χ4n) is 6.56. The van der Waals surface area contributed by atoms with Crippen LogP contribution >= 0.6 is 11.3 Å². The maximum absolute atomic E-state index is 13.5. The van der Waals surface area contributed by atoms with Gasteiger partial charge in [-0.05, 0) is 48.6 Å². The number of esters is 1. The van der Waals surface area contributed by atoms with Gasteiger partial charge in [-0.1, -0.05) is 18.9 Å². The molecule has 1 saturated carbocycles. The van der Waals surface area contributed by atoms with E-state index in [1.54, 1.807) is 12.1 Å². The summed E-state index contributed by atoms with van der Waals surface area (Å²) in [6, 6.07) is 9.48. The quantitative estimate of drug-likeness (QED) is 0.195. The molecule has 0 amide bonds. The first kappa shape index (κ1) is 32.1. The summed E-state index contributed by atoms with van der Waals surface area (Å²) in [5.41, 5.74) is -1.00. The van der Waals surface area contributed by atoms with Gasteiger partial charge < -0.3 is 24.2 Å².